The summed E-state index contributed by atoms with van der Waals surface area (Å²) in [6.45, 7) is 0.440. The lowest BCUT2D eigenvalue weighted by Crippen LogP contribution is -2.35. The van der Waals surface area contributed by atoms with Crippen LogP contribution in [0.3, 0.4) is 0 Å². The standard InChI is InChI=1S/C23H20N4O4S/c1-26(15-16-7-3-2-4-8-16)22(29)19-9-5-6-10-20(19)24-23(32)25-21(28)17-11-13-18(14-12-17)27(30)31/h2-14H,15H2,1H3,(H2,24,25,28,32). The van der Waals surface area contributed by atoms with Crippen molar-refractivity contribution in [3.05, 3.63) is 106 Å². The van der Waals surface area contributed by atoms with E-state index in [1.807, 2.05) is 30.3 Å². The highest BCUT2D eigenvalue weighted by Gasteiger charge is 2.17. The molecule has 2 N–H and O–H groups in total. The van der Waals surface area contributed by atoms with E-state index in [0.717, 1.165) is 5.56 Å². The van der Waals surface area contributed by atoms with E-state index in [9.17, 15) is 19.7 Å². The summed E-state index contributed by atoms with van der Waals surface area (Å²) in [5, 5.41) is 16.1. The Morgan fingerprint density at radius 3 is 2.25 bits per heavy atom. The first-order chi connectivity index (χ1) is 15.3. The molecule has 0 fully saturated rings. The van der Waals surface area contributed by atoms with E-state index in [0.29, 0.717) is 17.8 Å². The first-order valence-corrected chi connectivity index (χ1v) is 10.0. The van der Waals surface area contributed by atoms with Gasteiger partial charge in [-0.1, -0.05) is 42.5 Å². The molecule has 0 aromatic heterocycles. The van der Waals surface area contributed by atoms with Crippen molar-refractivity contribution < 1.29 is 14.5 Å². The van der Waals surface area contributed by atoms with Crippen LogP contribution in [0.15, 0.2) is 78.9 Å². The van der Waals surface area contributed by atoms with Gasteiger partial charge in [-0.15, -0.1) is 0 Å². The zero-order valence-corrected chi connectivity index (χ0v) is 18.0. The number of carbonyl (C=O) groups is 2. The summed E-state index contributed by atoms with van der Waals surface area (Å²) in [5.41, 5.74) is 1.95. The van der Waals surface area contributed by atoms with Crippen LogP contribution in [0.5, 0.6) is 0 Å². The monoisotopic (exact) mass is 448 g/mol. The highest BCUT2D eigenvalue weighted by Crippen LogP contribution is 2.18. The Morgan fingerprint density at radius 2 is 1.59 bits per heavy atom. The van der Waals surface area contributed by atoms with Crippen molar-refractivity contribution in [2.45, 2.75) is 6.54 Å². The molecule has 0 spiro atoms. The van der Waals surface area contributed by atoms with E-state index >= 15 is 0 Å². The van der Waals surface area contributed by atoms with E-state index in [4.69, 9.17) is 12.2 Å². The average Bonchev–Trinajstić information content (AvgIpc) is 2.79. The molecule has 9 heteroatoms. The van der Waals surface area contributed by atoms with Crippen LogP contribution in [0.4, 0.5) is 11.4 Å². The molecular formula is C23H20N4O4S. The lowest BCUT2D eigenvalue weighted by molar-refractivity contribution is -0.384. The van der Waals surface area contributed by atoms with Crippen molar-refractivity contribution in [3.8, 4) is 0 Å². The second-order valence-corrected chi connectivity index (χ2v) is 7.31. The van der Waals surface area contributed by atoms with Gasteiger partial charge in [0, 0.05) is 31.3 Å². The van der Waals surface area contributed by atoms with Crippen molar-refractivity contribution in [1.29, 1.82) is 0 Å². The molecule has 0 saturated carbocycles. The molecule has 0 bridgehead atoms. The number of hydrogen-bond acceptors (Lipinski definition) is 5. The van der Waals surface area contributed by atoms with Crippen LogP contribution in [-0.2, 0) is 6.54 Å². The Labute approximate surface area is 190 Å². The quantitative estimate of drug-likeness (QED) is 0.336. The number of hydrogen-bond donors (Lipinski definition) is 2. The van der Waals surface area contributed by atoms with Gasteiger partial charge in [0.05, 0.1) is 16.2 Å². The predicted molar refractivity (Wildman–Crippen MR) is 125 cm³/mol. The summed E-state index contributed by atoms with van der Waals surface area (Å²) in [6.07, 6.45) is 0. The predicted octanol–water partition coefficient (Wildman–Crippen LogP) is 3.99. The molecule has 3 aromatic rings. The number of nitrogens with zero attached hydrogens (tertiary/aromatic N) is 2. The van der Waals surface area contributed by atoms with Crippen LogP contribution < -0.4 is 10.6 Å². The summed E-state index contributed by atoms with van der Waals surface area (Å²) in [4.78, 5) is 37.1. The molecular weight excluding hydrogens is 428 g/mol. The molecule has 3 rings (SSSR count). The third kappa shape index (κ3) is 5.73. The van der Waals surface area contributed by atoms with Gasteiger partial charge in [-0.05, 0) is 42.0 Å². The lowest BCUT2D eigenvalue weighted by Gasteiger charge is -2.20. The molecule has 0 saturated heterocycles. The fourth-order valence-electron chi connectivity index (χ4n) is 2.98. The Morgan fingerprint density at radius 1 is 0.969 bits per heavy atom. The van der Waals surface area contributed by atoms with Crippen LogP contribution in [0.2, 0.25) is 0 Å². The molecule has 2 amide bonds. The molecule has 3 aromatic carbocycles. The normalized spacial score (nSPS) is 10.2. The number of para-hydroxylation sites is 1. The molecule has 0 aliphatic rings. The van der Waals surface area contributed by atoms with Crippen molar-refractivity contribution >= 4 is 40.5 Å². The molecule has 0 radical (unpaired) electrons. The molecule has 0 atom stereocenters. The van der Waals surface area contributed by atoms with E-state index in [-0.39, 0.29) is 22.3 Å². The molecule has 0 aliphatic heterocycles. The lowest BCUT2D eigenvalue weighted by atomic mass is 10.1. The Bertz CT molecular complexity index is 1150. The zero-order chi connectivity index (χ0) is 23.1. The van der Waals surface area contributed by atoms with Gasteiger partial charge in [0.15, 0.2) is 5.11 Å². The molecule has 162 valence electrons. The van der Waals surface area contributed by atoms with Crippen LogP contribution in [0.25, 0.3) is 0 Å². The van der Waals surface area contributed by atoms with Crippen LogP contribution in [0, 0.1) is 10.1 Å². The van der Waals surface area contributed by atoms with Crippen LogP contribution in [-0.4, -0.2) is 33.8 Å². The maximum Gasteiger partial charge on any atom is 0.269 e. The number of nitrogens with one attached hydrogen (secondary N) is 2. The SMILES string of the molecule is CN(Cc1ccccc1)C(=O)c1ccccc1NC(=S)NC(=O)c1ccc([N+](=O)[O-])cc1. The first-order valence-electron chi connectivity index (χ1n) is 9.60. The minimum absolute atomic E-state index is 0.000634. The van der Waals surface area contributed by atoms with Gasteiger partial charge in [-0.25, -0.2) is 0 Å². The molecule has 0 aliphatic carbocycles. The summed E-state index contributed by atoms with van der Waals surface area (Å²) in [6, 6.07) is 21.6. The smallest absolute Gasteiger partial charge is 0.269 e. The van der Waals surface area contributed by atoms with Gasteiger partial charge in [-0.3, -0.25) is 25.0 Å². The number of carbonyl (C=O) groups excluding carboxylic acids is 2. The highest BCUT2D eigenvalue weighted by atomic mass is 32.1. The van der Waals surface area contributed by atoms with Gasteiger partial charge in [-0.2, -0.15) is 0 Å². The maximum absolute atomic E-state index is 13.0. The minimum Gasteiger partial charge on any atom is -0.337 e. The Balaban J connectivity index is 1.67. The van der Waals surface area contributed by atoms with Gasteiger partial charge >= 0.3 is 0 Å². The average molecular weight is 449 g/mol. The topological polar surface area (TPSA) is 105 Å². The number of nitro benzene ring substituents is 1. The third-order valence-corrected chi connectivity index (χ3v) is 4.79. The molecule has 0 unspecified atom stereocenters. The number of rotatable bonds is 6. The number of benzene rings is 3. The van der Waals surface area contributed by atoms with Gasteiger partial charge < -0.3 is 10.2 Å². The molecule has 32 heavy (non-hydrogen) atoms. The van der Waals surface area contributed by atoms with Gasteiger partial charge in [0.2, 0.25) is 0 Å². The molecule has 0 heterocycles. The summed E-state index contributed by atoms with van der Waals surface area (Å²) in [7, 11) is 1.71. The molecule has 8 nitrogen and oxygen atoms in total. The van der Waals surface area contributed by atoms with Crippen molar-refractivity contribution in [3.63, 3.8) is 0 Å². The van der Waals surface area contributed by atoms with Crippen molar-refractivity contribution in [2.24, 2.45) is 0 Å². The number of nitro groups is 1. The van der Waals surface area contributed by atoms with E-state index in [2.05, 4.69) is 10.6 Å². The van der Waals surface area contributed by atoms with E-state index in [1.165, 1.54) is 24.3 Å². The third-order valence-electron chi connectivity index (χ3n) is 4.58. The van der Waals surface area contributed by atoms with Crippen molar-refractivity contribution in [2.75, 3.05) is 12.4 Å². The first kappa shape index (κ1) is 22.6. The minimum atomic E-state index is -0.545. The zero-order valence-electron chi connectivity index (χ0n) is 17.1. The fourth-order valence-corrected chi connectivity index (χ4v) is 3.18. The number of anilines is 1. The summed E-state index contributed by atoms with van der Waals surface area (Å²) in [5.74, 6) is -0.733. The van der Waals surface area contributed by atoms with Crippen LogP contribution >= 0.6 is 12.2 Å². The Kier molecular flexibility index (Phi) is 7.25. The second-order valence-electron chi connectivity index (χ2n) is 6.90. The number of non-ortho nitro benzene ring substituents is 1. The van der Waals surface area contributed by atoms with Crippen molar-refractivity contribution in [1.82, 2.24) is 10.2 Å². The van der Waals surface area contributed by atoms with Gasteiger partial charge in [0.25, 0.3) is 17.5 Å². The maximum atomic E-state index is 13.0. The van der Waals surface area contributed by atoms with E-state index in [1.54, 1.807) is 36.2 Å². The van der Waals surface area contributed by atoms with Crippen LogP contribution in [0.1, 0.15) is 26.3 Å². The largest absolute Gasteiger partial charge is 0.337 e. The highest BCUT2D eigenvalue weighted by molar-refractivity contribution is 7.80. The van der Waals surface area contributed by atoms with E-state index < -0.39 is 10.8 Å². The summed E-state index contributed by atoms with van der Waals surface area (Å²) < 4.78 is 0. The number of amides is 2. The second kappa shape index (κ2) is 10.3. The number of thiocarbonyl (C=S) groups is 1. The van der Waals surface area contributed by atoms with Gasteiger partial charge in [0.1, 0.15) is 0 Å². The summed E-state index contributed by atoms with van der Waals surface area (Å²) >= 11 is 5.22. The fraction of sp³-hybridized carbons (Fsp3) is 0.0870. The Hall–Kier alpha value is -4.11.